The van der Waals surface area contributed by atoms with Crippen LogP contribution in [0, 0.1) is 0 Å². The molecule has 1 heterocycles. The molecule has 2 fully saturated rings. The molecule has 1 atom stereocenters. The smallest absolute Gasteiger partial charge is 0.314 e. The first-order chi connectivity index (χ1) is 9.88. The summed E-state index contributed by atoms with van der Waals surface area (Å²) >= 11 is 0. The van der Waals surface area contributed by atoms with E-state index in [-0.39, 0.29) is 10.9 Å². The van der Waals surface area contributed by atoms with Crippen molar-refractivity contribution in [3.8, 4) is 0 Å². The molecule has 0 bridgehead atoms. The first kappa shape index (κ1) is 14.5. The fraction of sp³-hybridized carbons (Fsp3) is 0.533. The second kappa shape index (κ2) is 4.81. The fourth-order valence-electron chi connectivity index (χ4n) is 3.10. The maximum Gasteiger partial charge on any atom is 0.314 e. The van der Waals surface area contributed by atoms with E-state index in [0.717, 1.165) is 12.8 Å². The Bertz CT molecular complexity index is 661. The number of nitrogens with zero attached hydrogens (tertiary/aromatic N) is 1. The van der Waals surface area contributed by atoms with Gasteiger partial charge in [0, 0.05) is 12.6 Å². The molecule has 0 aromatic heterocycles. The van der Waals surface area contributed by atoms with Crippen molar-refractivity contribution < 1.29 is 18.3 Å². The number of hydrogen-bond acceptors (Lipinski definition) is 3. The quantitative estimate of drug-likeness (QED) is 0.923. The Morgan fingerprint density at radius 3 is 2.33 bits per heavy atom. The molecule has 1 aromatic carbocycles. The minimum Gasteiger partial charge on any atom is -0.481 e. The lowest BCUT2D eigenvalue weighted by Gasteiger charge is -2.21. The van der Waals surface area contributed by atoms with Gasteiger partial charge in [0.2, 0.25) is 10.0 Å². The molecule has 5 nitrogen and oxygen atoms in total. The molecule has 2 aliphatic rings. The summed E-state index contributed by atoms with van der Waals surface area (Å²) in [5.74, 6) is -0.828. The summed E-state index contributed by atoms with van der Waals surface area (Å²) in [7, 11) is -3.46. The Morgan fingerprint density at radius 2 is 1.90 bits per heavy atom. The summed E-state index contributed by atoms with van der Waals surface area (Å²) in [5, 5.41) is 9.27. The molecule has 3 rings (SSSR count). The van der Waals surface area contributed by atoms with Crippen molar-refractivity contribution >= 4 is 16.0 Å². The lowest BCUT2D eigenvalue weighted by atomic mass is 9.96. The van der Waals surface area contributed by atoms with E-state index in [1.54, 1.807) is 24.3 Å². The van der Waals surface area contributed by atoms with Crippen molar-refractivity contribution in [2.45, 2.75) is 49.0 Å². The zero-order chi connectivity index (χ0) is 15.3. The number of hydrogen-bond donors (Lipinski definition) is 1. The Kier molecular flexibility index (Phi) is 3.33. The van der Waals surface area contributed by atoms with E-state index in [1.807, 2.05) is 6.92 Å². The molecule has 6 heteroatoms. The number of carboxylic acid groups (broad SMARTS) is 1. The van der Waals surface area contributed by atoms with Gasteiger partial charge < -0.3 is 5.11 Å². The van der Waals surface area contributed by atoms with Crippen molar-refractivity contribution in [3.05, 3.63) is 29.8 Å². The molecule has 21 heavy (non-hydrogen) atoms. The highest BCUT2D eigenvalue weighted by Crippen LogP contribution is 2.48. The summed E-state index contributed by atoms with van der Waals surface area (Å²) < 4.78 is 26.7. The molecule has 1 saturated carbocycles. The van der Waals surface area contributed by atoms with Crippen LogP contribution in [0.25, 0.3) is 0 Å². The predicted molar refractivity (Wildman–Crippen MR) is 77.6 cm³/mol. The first-order valence-corrected chi connectivity index (χ1v) is 8.68. The van der Waals surface area contributed by atoms with Crippen molar-refractivity contribution in [1.29, 1.82) is 0 Å². The minimum absolute atomic E-state index is 0.0310. The van der Waals surface area contributed by atoms with Gasteiger partial charge in [0.1, 0.15) is 0 Å². The van der Waals surface area contributed by atoms with Gasteiger partial charge in [-0.1, -0.05) is 12.1 Å². The van der Waals surface area contributed by atoms with Gasteiger partial charge in [-0.05, 0) is 50.3 Å². The van der Waals surface area contributed by atoms with E-state index in [2.05, 4.69) is 0 Å². The van der Waals surface area contributed by atoms with Gasteiger partial charge in [-0.3, -0.25) is 4.79 Å². The third kappa shape index (κ3) is 2.26. The van der Waals surface area contributed by atoms with E-state index in [9.17, 15) is 18.3 Å². The van der Waals surface area contributed by atoms with Crippen LogP contribution in [-0.2, 0) is 20.2 Å². The molecule has 1 aliphatic carbocycles. The summed E-state index contributed by atoms with van der Waals surface area (Å²) in [5.41, 5.74) is -0.0909. The molecule has 1 N–H and O–H groups in total. The van der Waals surface area contributed by atoms with Crippen molar-refractivity contribution in [1.82, 2.24) is 4.31 Å². The summed E-state index contributed by atoms with van der Waals surface area (Å²) in [6.45, 7) is 2.48. The van der Waals surface area contributed by atoms with E-state index in [4.69, 9.17) is 0 Å². The molecular weight excluding hydrogens is 290 g/mol. The number of carbonyl (C=O) groups is 1. The molecule has 0 radical (unpaired) electrons. The standard InChI is InChI=1S/C15H19NO4S/c1-11-3-2-10-16(11)21(19,20)13-6-4-12(5-7-13)15(8-9-15)14(17)18/h4-7,11H,2-3,8-10H2,1H3,(H,17,18). The van der Waals surface area contributed by atoms with Gasteiger partial charge in [-0.25, -0.2) is 8.42 Å². The van der Waals surface area contributed by atoms with Crippen LogP contribution < -0.4 is 0 Å². The monoisotopic (exact) mass is 309 g/mol. The number of rotatable bonds is 4. The number of sulfonamides is 1. The third-order valence-corrected chi connectivity index (χ3v) is 6.69. The van der Waals surface area contributed by atoms with Gasteiger partial charge in [0.15, 0.2) is 0 Å². The van der Waals surface area contributed by atoms with Gasteiger partial charge in [0.05, 0.1) is 10.3 Å². The van der Waals surface area contributed by atoms with Crippen LogP contribution in [0.15, 0.2) is 29.2 Å². The molecular formula is C15H19NO4S. The van der Waals surface area contributed by atoms with Crippen LogP contribution in [0.5, 0.6) is 0 Å². The number of carboxylic acids is 1. The van der Waals surface area contributed by atoms with E-state index in [0.29, 0.717) is 24.9 Å². The third-order valence-electron chi connectivity index (χ3n) is 4.66. The molecule has 1 aromatic rings. The maximum absolute atomic E-state index is 12.6. The average Bonchev–Trinajstić information content (AvgIpc) is 3.15. The van der Waals surface area contributed by atoms with Crippen LogP contribution in [0.4, 0.5) is 0 Å². The SMILES string of the molecule is CC1CCCN1S(=O)(=O)c1ccc(C2(C(=O)O)CC2)cc1. The lowest BCUT2D eigenvalue weighted by Crippen LogP contribution is -2.33. The highest BCUT2D eigenvalue weighted by atomic mass is 32.2. The zero-order valence-electron chi connectivity index (χ0n) is 11.9. The summed E-state index contributed by atoms with van der Waals surface area (Å²) in [6, 6.07) is 6.41. The van der Waals surface area contributed by atoms with Crippen LogP contribution in [0.1, 0.15) is 38.2 Å². The first-order valence-electron chi connectivity index (χ1n) is 7.24. The van der Waals surface area contributed by atoms with Crippen molar-refractivity contribution in [2.75, 3.05) is 6.54 Å². The molecule has 1 aliphatic heterocycles. The second-order valence-electron chi connectivity index (χ2n) is 6.02. The highest BCUT2D eigenvalue weighted by molar-refractivity contribution is 7.89. The van der Waals surface area contributed by atoms with Crippen molar-refractivity contribution in [2.24, 2.45) is 0 Å². The van der Waals surface area contributed by atoms with Crippen molar-refractivity contribution in [3.63, 3.8) is 0 Å². The topological polar surface area (TPSA) is 74.7 Å². The fourth-order valence-corrected chi connectivity index (χ4v) is 4.80. The van der Waals surface area contributed by atoms with Crippen LogP contribution in [0.2, 0.25) is 0 Å². The molecule has 0 amide bonds. The van der Waals surface area contributed by atoms with E-state index >= 15 is 0 Å². The Balaban J connectivity index is 1.89. The number of benzene rings is 1. The van der Waals surface area contributed by atoms with Crippen LogP contribution in [-0.4, -0.2) is 36.4 Å². The maximum atomic E-state index is 12.6. The largest absolute Gasteiger partial charge is 0.481 e. The number of aliphatic carboxylic acids is 1. The normalized spacial score (nSPS) is 24.9. The van der Waals surface area contributed by atoms with Gasteiger partial charge >= 0.3 is 5.97 Å². The van der Waals surface area contributed by atoms with Crippen LogP contribution in [0.3, 0.4) is 0 Å². The zero-order valence-corrected chi connectivity index (χ0v) is 12.8. The summed E-state index contributed by atoms with van der Waals surface area (Å²) in [4.78, 5) is 11.5. The highest BCUT2D eigenvalue weighted by Gasteiger charge is 2.51. The summed E-state index contributed by atoms with van der Waals surface area (Å²) in [6.07, 6.45) is 3.02. The molecule has 114 valence electrons. The predicted octanol–water partition coefficient (Wildman–Crippen LogP) is 1.98. The van der Waals surface area contributed by atoms with E-state index in [1.165, 1.54) is 4.31 Å². The Morgan fingerprint density at radius 1 is 1.29 bits per heavy atom. The van der Waals surface area contributed by atoms with Gasteiger partial charge in [-0.15, -0.1) is 0 Å². The van der Waals surface area contributed by atoms with E-state index < -0.39 is 21.4 Å². The van der Waals surface area contributed by atoms with Gasteiger partial charge in [-0.2, -0.15) is 4.31 Å². The second-order valence-corrected chi connectivity index (χ2v) is 7.91. The average molecular weight is 309 g/mol. The molecule has 0 spiro atoms. The van der Waals surface area contributed by atoms with Crippen LogP contribution >= 0.6 is 0 Å². The molecule has 1 saturated heterocycles. The molecule has 1 unspecified atom stereocenters. The Labute approximate surface area is 124 Å². The Hall–Kier alpha value is -1.40. The lowest BCUT2D eigenvalue weighted by molar-refractivity contribution is -0.140. The minimum atomic E-state index is -3.46. The van der Waals surface area contributed by atoms with Gasteiger partial charge in [0.25, 0.3) is 0 Å².